The molecule has 27 heavy (non-hydrogen) atoms. The molecule has 1 aliphatic carbocycles. The van der Waals surface area contributed by atoms with Gasteiger partial charge in [0.05, 0.1) is 12.7 Å². The Balaban J connectivity index is 1.35. The number of rotatable bonds is 9. The van der Waals surface area contributed by atoms with Crippen LogP contribution in [0.5, 0.6) is 5.19 Å². The van der Waals surface area contributed by atoms with Gasteiger partial charge in [-0.2, -0.15) is 0 Å². The van der Waals surface area contributed by atoms with Crippen LogP contribution in [-0.2, 0) is 4.74 Å². The summed E-state index contributed by atoms with van der Waals surface area (Å²) in [5, 5.41) is 3.44. The molecule has 0 unspecified atom stereocenters. The van der Waals surface area contributed by atoms with Crippen molar-refractivity contribution >= 4 is 17.2 Å². The third kappa shape index (κ3) is 6.21. The number of nitrogens with zero attached hydrogens (tertiary/aromatic N) is 2. The van der Waals surface area contributed by atoms with Gasteiger partial charge in [0.25, 0.3) is 11.1 Å². The normalized spacial score (nSPS) is 19.7. The molecule has 1 amide bonds. The third-order valence-corrected chi connectivity index (χ3v) is 6.19. The molecule has 1 aromatic rings. The average Bonchev–Trinajstić information content (AvgIpc) is 3.40. The summed E-state index contributed by atoms with van der Waals surface area (Å²) in [6, 6.07) is 0.434. The standard InChI is InChI=1S/C20H31N3O3S/c1-15(2)23-12-17(26-14-23)13-25-20-22-11-18(27-20)19(24)21-10-6-5-9-16-7-3-4-8-16/h11,13,15-16H,3-10,12,14H2,1-2H3,(H,21,24). The largest absolute Gasteiger partial charge is 0.478 e. The van der Waals surface area contributed by atoms with Gasteiger partial charge in [-0.25, -0.2) is 4.98 Å². The lowest BCUT2D eigenvalue weighted by Crippen LogP contribution is -2.27. The number of aromatic nitrogens is 1. The molecular formula is C20H31N3O3S. The predicted octanol–water partition coefficient (Wildman–Crippen LogP) is 4.15. The molecule has 2 heterocycles. The highest BCUT2D eigenvalue weighted by Gasteiger charge is 2.21. The number of hydrogen-bond acceptors (Lipinski definition) is 6. The summed E-state index contributed by atoms with van der Waals surface area (Å²) in [6.45, 7) is 6.31. The highest BCUT2D eigenvalue weighted by Crippen LogP contribution is 2.28. The minimum atomic E-state index is -0.0704. The van der Waals surface area contributed by atoms with Crippen LogP contribution in [0.3, 0.4) is 0 Å². The molecule has 1 aliphatic heterocycles. The van der Waals surface area contributed by atoms with Crippen LogP contribution in [0.25, 0.3) is 0 Å². The lowest BCUT2D eigenvalue weighted by atomic mass is 10.0. The number of nitrogens with one attached hydrogen (secondary N) is 1. The van der Waals surface area contributed by atoms with E-state index in [1.165, 1.54) is 49.9 Å². The second kappa shape index (κ2) is 10.1. The molecule has 0 aromatic carbocycles. The summed E-state index contributed by atoms with van der Waals surface area (Å²) < 4.78 is 11.1. The van der Waals surface area contributed by atoms with E-state index < -0.39 is 0 Å². The van der Waals surface area contributed by atoms with Gasteiger partial charge in [0.15, 0.2) is 0 Å². The molecule has 2 aliphatic rings. The highest BCUT2D eigenvalue weighted by atomic mass is 32.1. The van der Waals surface area contributed by atoms with Crippen LogP contribution < -0.4 is 10.1 Å². The number of unbranched alkanes of at least 4 members (excludes halogenated alkanes) is 1. The van der Waals surface area contributed by atoms with Gasteiger partial charge in [0.2, 0.25) is 0 Å². The third-order valence-electron chi connectivity index (χ3n) is 5.30. The Morgan fingerprint density at radius 3 is 3.00 bits per heavy atom. The number of carbonyl (C=O) groups is 1. The molecule has 150 valence electrons. The second-order valence-electron chi connectivity index (χ2n) is 7.71. The van der Waals surface area contributed by atoms with E-state index >= 15 is 0 Å². The van der Waals surface area contributed by atoms with Gasteiger partial charge in [-0.05, 0) is 26.2 Å². The molecule has 0 atom stereocenters. The van der Waals surface area contributed by atoms with Crippen LogP contribution in [0.1, 0.15) is 68.5 Å². The summed E-state index contributed by atoms with van der Waals surface area (Å²) in [7, 11) is 0. The monoisotopic (exact) mass is 393 g/mol. The van der Waals surface area contributed by atoms with E-state index in [0.717, 1.165) is 31.2 Å². The lowest BCUT2D eigenvalue weighted by Gasteiger charge is -2.15. The second-order valence-corrected chi connectivity index (χ2v) is 8.70. The van der Waals surface area contributed by atoms with E-state index in [-0.39, 0.29) is 5.91 Å². The SMILES string of the molecule is CC(C)N1COC(=COc2ncc(C(=O)NCCCCC3CCCC3)s2)C1. The zero-order chi connectivity index (χ0) is 19.1. The number of thiazole rings is 1. The van der Waals surface area contributed by atoms with Crippen molar-refractivity contribution in [1.29, 1.82) is 0 Å². The first-order valence-electron chi connectivity index (χ1n) is 10.1. The molecule has 2 fully saturated rings. The summed E-state index contributed by atoms with van der Waals surface area (Å²) in [6.07, 6.45) is 12.3. The van der Waals surface area contributed by atoms with Crippen molar-refractivity contribution in [2.45, 2.75) is 64.8 Å². The van der Waals surface area contributed by atoms with Crippen molar-refractivity contribution < 1.29 is 14.3 Å². The number of carbonyl (C=O) groups excluding carboxylic acids is 1. The molecule has 0 spiro atoms. The van der Waals surface area contributed by atoms with Crippen molar-refractivity contribution in [2.24, 2.45) is 5.92 Å². The molecule has 1 saturated heterocycles. The van der Waals surface area contributed by atoms with Crippen molar-refractivity contribution in [3.8, 4) is 5.19 Å². The Hall–Kier alpha value is -1.60. The van der Waals surface area contributed by atoms with E-state index in [0.29, 0.717) is 22.8 Å². The lowest BCUT2D eigenvalue weighted by molar-refractivity contribution is 0.0956. The van der Waals surface area contributed by atoms with Crippen LogP contribution in [0.4, 0.5) is 0 Å². The Labute approximate surface area is 165 Å². The predicted molar refractivity (Wildman–Crippen MR) is 107 cm³/mol. The zero-order valence-electron chi connectivity index (χ0n) is 16.4. The highest BCUT2D eigenvalue weighted by molar-refractivity contribution is 7.15. The number of hydrogen-bond donors (Lipinski definition) is 1. The maximum absolute atomic E-state index is 12.2. The van der Waals surface area contributed by atoms with E-state index in [2.05, 4.69) is 29.0 Å². The summed E-state index contributed by atoms with van der Waals surface area (Å²) >= 11 is 1.26. The van der Waals surface area contributed by atoms with Gasteiger partial charge in [-0.15, -0.1) is 0 Å². The minimum absolute atomic E-state index is 0.0704. The molecule has 0 bridgehead atoms. The van der Waals surface area contributed by atoms with Gasteiger partial charge in [-0.3, -0.25) is 9.69 Å². The Morgan fingerprint density at radius 1 is 1.44 bits per heavy atom. The van der Waals surface area contributed by atoms with Crippen LogP contribution in [0.15, 0.2) is 18.2 Å². The molecule has 1 saturated carbocycles. The molecule has 7 heteroatoms. The van der Waals surface area contributed by atoms with Gasteiger partial charge in [-0.1, -0.05) is 49.9 Å². The quantitative estimate of drug-likeness (QED) is 0.504. The van der Waals surface area contributed by atoms with Crippen molar-refractivity contribution in [1.82, 2.24) is 15.2 Å². The van der Waals surface area contributed by atoms with E-state index in [1.807, 2.05) is 0 Å². The van der Waals surface area contributed by atoms with Gasteiger partial charge >= 0.3 is 0 Å². The molecule has 6 nitrogen and oxygen atoms in total. The molecule has 3 rings (SSSR count). The summed E-state index contributed by atoms with van der Waals surface area (Å²) in [5.74, 6) is 1.64. The maximum atomic E-state index is 12.2. The van der Waals surface area contributed by atoms with Crippen LogP contribution in [0, 0.1) is 5.92 Å². The minimum Gasteiger partial charge on any atom is -0.478 e. The smallest absolute Gasteiger partial charge is 0.278 e. The average molecular weight is 394 g/mol. The fourth-order valence-electron chi connectivity index (χ4n) is 3.54. The van der Waals surface area contributed by atoms with Crippen molar-refractivity contribution in [3.63, 3.8) is 0 Å². The summed E-state index contributed by atoms with van der Waals surface area (Å²) in [5.41, 5.74) is 0. The topological polar surface area (TPSA) is 63.7 Å². The first-order valence-corrected chi connectivity index (χ1v) is 10.9. The number of ether oxygens (including phenoxy) is 2. The zero-order valence-corrected chi connectivity index (χ0v) is 17.2. The van der Waals surface area contributed by atoms with Gasteiger partial charge < -0.3 is 14.8 Å². The Kier molecular flexibility index (Phi) is 7.52. The van der Waals surface area contributed by atoms with Crippen LogP contribution >= 0.6 is 11.3 Å². The van der Waals surface area contributed by atoms with Gasteiger partial charge in [0, 0.05) is 12.6 Å². The molecule has 0 radical (unpaired) electrons. The number of amides is 1. The summed E-state index contributed by atoms with van der Waals surface area (Å²) in [4.78, 5) is 19.2. The maximum Gasteiger partial charge on any atom is 0.278 e. The Bertz CT molecular complexity index is 638. The first kappa shape index (κ1) is 20.1. The van der Waals surface area contributed by atoms with E-state index in [9.17, 15) is 4.79 Å². The molecule has 1 N–H and O–H groups in total. The molecule has 1 aromatic heterocycles. The van der Waals surface area contributed by atoms with Crippen LogP contribution in [-0.4, -0.2) is 41.7 Å². The van der Waals surface area contributed by atoms with Crippen LogP contribution in [0.2, 0.25) is 0 Å². The fourth-order valence-corrected chi connectivity index (χ4v) is 4.20. The van der Waals surface area contributed by atoms with Crippen molar-refractivity contribution in [3.05, 3.63) is 23.1 Å². The van der Waals surface area contributed by atoms with Gasteiger partial charge in [0.1, 0.15) is 23.6 Å². The Morgan fingerprint density at radius 2 is 2.26 bits per heavy atom. The molecular weight excluding hydrogens is 362 g/mol. The fraction of sp³-hybridized carbons (Fsp3) is 0.700. The van der Waals surface area contributed by atoms with E-state index in [4.69, 9.17) is 9.47 Å². The van der Waals surface area contributed by atoms with E-state index in [1.54, 1.807) is 12.5 Å². The van der Waals surface area contributed by atoms with Crippen molar-refractivity contribution in [2.75, 3.05) is 19.8 Å². The first-order chi connectivity index (χ1) is 13.1.